The molecule has 2 aliphatic rings. The molecule has 1 aromatic carbocycles. The second-order valence-electron chi connectivity index (χ2n) is 7.33. The lowest BCUT2D eigenvalue weighted by atomic mass is 9.93. The number of oxazole rings is 1. The molecule has 0 radical (unpaired) electrons. The van der Waals surface area contributed by atoms with E-state index in [9.17, 15) is 0 Å². The van der Waals surface area contributed by atoms with E-state index in [1.807, 2.05) is 6.07 Å². The van der Waals surface area contributed by atoms with E-state index in [1.54, 1.807) is 12.5 Å². The summed E-state index contributed by atoms with van der Waals surface area (Å²) in [6, 6.07) is 8.83. The van der Waals surface area contributed by atoms with Crippen molar-refractivity contribution in [2.75, 3.05) is 31.6 Å². The molecular weight excluding hydrogens is 314 g/mol. The summed E-state index contributed by atoms with van der Waals surface area (Å²) in [5, 5.41) is 3.72. The highest BCUT2D eigenvalue weighted by Gasteiger charge is 2.28. The number of nitrogens with zero attached hydrogens (tertiary/aromatic N) is 2. The number of hydrogen-bond donors (Lipinski definition) is 1. The number of rotatable bonds is 5. The van der Waals surface area contributed by atoms with Crippen LogP contribution in [-0.4, -0.2) is 48.3 Å². The fourth-order valence-corrected chi connectivity index (χ4v) is 4.01. The van der Waals surface area contributed by atoms with Crippen LogP contribution in [0.1, 0.15) is 26.2 Å². The van der Waals surface area contributed by atoms with E-state index in [4.69, 9.17) is 9.15 Å². The van der Waals surface area contributed by atoms with E-state index in [0.29, 0.717) is 24.0 Å². The Bertz CT molecular complexity index is 667. The number of nitrogens with one attached hydrogen (secondary N) is 1. The van der Waals surface area contributed by atoms with Crippen LogP contribution in [0.3, 0.4) is 0 Å². The number of aromatic nitrogens is 1. The van der Waals surface area contributed by atoms with Crippen molar-refractivity contribution in [3.05, 3.63) is 36.7 Å². The molecule has 1 N–H and O–H groups in total. The summed E-state index contributed by atoms with van der Waals surface area (Å²) < 4.78 is 11.2. The minimum absolute atomic E-state index is 0.453. The first kappa shape index (κ1) is 16.6. The molecule has 3 atom stereocenters. The quantitative estimate of drug-likeness (QED) is 0.900. The summed E-state index contributed by atoms with van der Waals surface area (Å²) in [5.74, 6) is 1.28. The number of ether oxygens (including phenoxy) is 1. The Hall–Kier alpha value is -1.85. The van der Waals surface area contributed by atoms with Crippen molar-refractivity contribution < 1.29 is 9.15 Å². The average Bonchev–Trinajstić information content (AvgIpc) is 3.31. The molecule has 0 bridgehead atoms. The van der Waals surface area contributed by atoms with Crippen LogP contribution >= 0.6 is 0 Å². The molecule has 2 aromatic rings. The average molecular weight is 341 g/mol. The van der Waals surface area contributed by atoms with Crippen LogP contribution in [0, 0.1) is 5.92 Å². The topological polar surface area (TPSA) is 50.5 Å². The Kier molecular flexibility index (Phi) is 5.04. The molecule has 0 unspecified atom stereocenters. The maximum Gasteiger partial charge on any atom is 0.225 e. The number of benzene rings is 1. The Balaban J connectivity index is 1.35. The SMILES string of the molecule is C[C@@H]1CN(C[C@@H]2CCCO2)CC[C@@H]1Nc1cccc(-c2ncco2)c1. The molecule has 5 heteroatoms. The van der Waals surface area contributed by atoms with Gasteiger partial charge in [0.05, 0.1) is 12.3 Å². The summed E-state index contributed by atoms with van der Waals surface area (Å²) >= 11 is 0. The predicted octanol–water partition coefficient (Wildman–Crippen LogP) is 3.64. The Morgan fingerprint density at radius 3 is 3.04 bits per heavy atom. The standard InChI is InChI=1S/C20H27N3O2/c1-15-13-23(14-18-6-3-10-24-18)9-7-19(15)22-17-5-2-4-16(12-17)20-21-8-11-25-20/h2,4-5,8,11-12,15,18-19,22H,3,6-7,9-10,13-14H2,1H3/t15-,18+,19+/m1/s1. The summed E-state index contributed by atoms with van der Waals surface area (Å²) in [7, 11) is 0. The molecule has 25 heavy (non-hydrogen) atoms. The fourth-order valence-electron chi connectivity index (χ4n) is 4.01. The van der Waals surface area contributed by atoms with E-state index < -0.39 is 0 Å². The lowest BCUT2D eigenvalue weighted by Gasteiger charge is -2.38. The summed E-state index contributed by atoms with van der Waals surface area (Å²) in [5.41, 5.74) is 2.15. The first-order valence-electron chi connectivity index (χ1n) is 9.38. The third-order valence-electron chi connectivity index (χ3n) is 5.37. The van der Waals surface area contributed by atoms with Crippen LogP contribution in [0.4, 0.5) is 5.69 Å². The van der Waals surface area contributed by atoms with Crippen molar-refractivity contribution in [3.8, 4) is 11.5 Å². The Labute approximate surface area is 149 Å². The third-order valence-corrected chi connectivity index (χ3v) is 5.37. The van der Waals surface area contributed by atoms with E-state index in [-0.39, 0.29) is 0 Å². The lowest BCUT2D eigenvalue weighted by Crippen LogP contribution is -2.47. The van der Waals surface area contributed by atoms with Gasteiger partial charge in [0.2, 0.25) is 5.89 Å². The number of piperidine rings is 1. The molecule has 4 rings (SSSR count). The zero-order valence-corrected chi connectivity index (χ0v) is 14.9. The molecular formula is C20H27N3O2. The second-order valence-corrected chi connectivity index (χ2v) is 7.33. The Morgan fingerprint density at radius 2 is 2.28 bits per heavy atom. The highest BCUT2D eigenvalue weighted by Crippen LogP contribution is 2.26. The van der Waals surface area contributed by atoms with Crippen LogP contribution in [0.15, 0.2) is 41.1 Å². The van der Waals surface area contributed by atoms with Gasteiger partial charge >= 0.3 is 0 Å². The van der Waals surface area contributed by atoms with Crippen molar-refractivity contribution >= 4 is 5.69 Å². The lowest BCUT2D eigenvalue weighted by molar-refractivity contribution is 0.0563. The molecule has 1 aromatic heterocycles. The van der Waals surface area contributed by atoms with Gasteiger partial charge in [0, 0.05) is 43.5 Å². The van der Waals surface area contributed by atoms with Gasteiger partial charge in [-0.3, -0.25) is 0 Å². The van der Waals surface area contributed by atoms with Gasteiger partial charge in [-0.15, -0.1) is 0 Å². The molecule has 0 amide bonds. The highest BCUT2D eigenvalue weighted by atomic mass is 16.5. The molecule has 5 nitrogen and oxygen atoms in total. The second kappa shape index (κ2) is 7.58. The van der Waals surface area contributed by atoms with Gasteiger partial charge in [-0.1, -0.05) is 13.0 Å². The van der Waals surface area contributed by atoms with Crippen LogP contribution in [0.2, 0.25) is 0 Å². The van der Waals surface area contributed by atoms with Crippen LogP contribution < -0.4 is 5.32 Å². The van der Waals surface area contributed by atoms with Crippen molar-refractivity contribution in [2.24, 2.45) is 5.92 Å². The van der Waals surface area contributed by atoms with Crippen LogP contribution in [-0.2, 0) is 4.74 Å². The zero-order chi connectivity index (χ0) is 17.1. The minimum Gasteiger partial charge on any atom is -0.445 e. The maximum absolute atomic E-state index is 5.79. The van der Waals surface area contributed by atoms with Crippen molar-refractivity contribution in [1.82, 2.24) is 9.88 Å². The molecule has 2 saturated heterocycles. The molecule has 2 aliphatic heterocycles. The first-order chi connectivity index (χ1) is 12.3. The van der Waals surface area contributed by atoms with E-state index >= 15 is 0 Å². The normalized spacial score (nSPS) is 27.5. The van der Waals surface area contributed by atoms with Gasteiger partial charge in [0.1, 0.15) is 6.26 Å². The maximum atomic E-state index is 5.79. The summed E-state index contributed by atoms with van der Waals surface area (Å²) in [6.45, 7) is 6.66. The van der Waals surface area contributed by atoms with Gasteiger partial charge < -0.3 is 19.4 Å². The molecule has 0 spiro atoms. The van der Waals surface area contributed by atoms with Crippen LogP contribution in [0.5, 0.6) is 0 Å². The number of hydrogen-bond acceptors (Lipinski definition) is 5. The highest BCUT2D eigenvalue weighted by molar-refractivity contribution is 5.61. The third kappa shape index (κ3) is 4.05. The van der Waals surface area contributed by atoms with Gasteiger partial charge in [0.15, 0.2) is 0 Å². The van der Waals surface area contributed by atoms with E-state index in [0.717, 1.165) is 43.9 Å². The Morgan fingerprint density at radius 1 is 1.32 bits per heavy atom. The van der Waals surface area contributed by atoms with Gasteiger partial charge in [-0.25, -0.2) is 4.98 Å². The van der Waals surface area contributed by atoms with Crippen LogP contribution in [0.25, 0.3) is 11.5 Å². The molecule has 0 saturated carbocycles. The zero-order valence-electron chi connectivity index (χ0n) is 14.9. The monoisotopic (exact) mass is 341 g/mol. The summed E-state index contributed by atoms with van der Waals surface area (Å²) in [4.78, 5) is 6.81. The molecule has 3 heterocycles. The smallest absolute Gasteiger partial charge is 0.225 e. The molecule has 0 aliphatic carbocycles. The van der Waals surface area contributed by atoms with Crippen molar-refractivity contribution in [1.29, 1.82) is 0 Å². The fraction of sp³-hybridized carbons (Fsp3) is 0.550. The largest absolute Gasteiger partial charge is 0.445 e. The van der Waals surface area contributed by atoms with Gasteiger partial charge in [0.25, 0.3) is 0 Å². The number of anilines is 1. The minimum atomic E-state index is 0.453. The summed E-state index contributed by atoms with van der Waals surface area (Å²) in [6.07, 6.45) is 7.35. The molecule has 2 fully saturated rings. The number of likely N-dealkylation sites (tertiary alicyclic amines) is 1. The van der Waals surface area contributed by atoms with Crippen molar-refractivity contribution in [3.63, 3.8) is 0 Å². The van der Waals surface area contributed by atoms with E-state index in [1.165, 1.54) is 12.8 Å². The first-order valence-corrected chi connectivity index (χ1v) is 9.38. The van der Waals surface area contributed by atoms with Gasteiger partial charge in [-0.05, 0) is 43.4 Å². The van der Waals surface area contributed by atoms with Gasteiger partial charge in [-0.2, -0.15) is 0 Å². The van der Waals surface area contributed by atoms with Crippen molar-refractivity contribution in [2.45, 2.75) is 38.3 Å². The predicted molar refractivity (Wildman–Crippen MR) is 98.5 cm³/mol. The molecule has 134 valence electrons. The van der Waals surface area contributed by atoms with E-state index in [2.05, 4.69) is 40.3 Å².